The first kappa shape index (κ1) is 28.9. The number of hydrogen-bond acceptors (Lipinski definition) is 6. The van der Waals surface area contributed by atoms with Gasteiger partial charge in [0.05, 0.1) is 12.6 Å². The van der Waals surface area contributed by atoms with E-state index in [9.17, 15) is 19.2 Å². The quantitative estimate of drug-likeness (QED) is 0.322. The number of amides is 4. The monoisotopic (exact) mass is 478 g/mol. The van der Waals surface area contributed by atoms with Crippen LogP contribution in [0.4, 0.5) is 10.5 Å². The highest BCUT2D eigenvalue weighted by Crippen LogP contribution is 2.11. The highest BCUT2D eigenvalue weighted by molar-refractivity contribution is 5.96. The van der Waals surface area contributed by atoms with Gasteiger partial charge in [0.1, 0.15) is 12.6 Å². The third-order valence-corrected chi connectivity index (χ3v) is 4.62. The number of carbonyl (C=O) groups is 4. The molecule has 1 atom stereocenters. The maximum atomic E-state index is 12.5. The summed E-state index contributed by atoms with van der Waals surface area (Å²) in [4.78, 5) is 53.3. The van der Waals surface area contributed by atoms with Crippen LogP contribution < -0.4 is 21.4 Å². The zero-order chi connectivity index (χ0) is 25.7. The topological polar surface area (TPSA) is 135 Å². The van der Waals surface area contributed by atoms with Crippen LogP contribution in [0, 0.1) is 11.8 Å². The molecule has 1 aromatic carbocycles. The van der Waals surface area contributed by atoms with Gasteiger partial charge in [-0.3, -0.25) is 19.2 Å². The van der Waals surface area contributed by atoms with E-state index in [4.69, 9.17) is 9.57 Å². The van der Waals surface area contributed by atoms with Crippen LogP contribution >= 0.6 is 0 Å². The van der Waals surface area contributed by atoms with E-state index >= 15 is 0 Å². The van der Waals surface area contributed by atoms with Crippen LogP contribution in [0.5, 0.6) is 0 Å². The van der Waals surface area contributed by atoms with Gasteiger partial charge in [-0.1, -0.05) is 39.8 Å². The number of carbonyl (C=O) groups excluding carboxylic acids is 4. The molecule has 1 rings (SSSR count). The van der Waals surface area contributed by atoms with Gasteiger partial charge in [0.2, 0.25) is 17.7 Å². The molecule has 0 saturated carbocycles. The van der Waals surface area contributed by atoms with Crippen molar-refractivity contribution in [3.63, 3.8) is 0 Å². The number of ether oxygens (including phenoxy) is 1. The Morgan fingerprint density at radius 3 is 2.12 bits per heavy atom. The summed E-state index contributed by atoms with van der Waals surface area (Å²) in [5.74, 6) is -0.724. The Morgan fingerprint density at radius 1 is 0.912 bits per heavy atom. The zero-order valence-corrected chi connectivity index (χ0v) is 20.9. The summed E-state index contributed by atoms with van der Waals surface area (Å²) in [6, 6.07) is 6.01. The molecule has 0 aliphatic carbocycles. The molecule has 0 fully saturated rings. The Morgan fingerprint density at radius 2 is 1.56 bits per heavy atom. The highest BCUT2D eigenvalue weighted by Gasteiger charge is 2.24. The predicted molar refractivity (Wildman–Crippen MR) is 128 cm³/mol. The van der Waals surface area contributed by atoms with E-state index < -0.39 is 23.9 Å². The van der Waals surface area contributed by atoms with E-state index in [0.717, 1.165) is 12.0 Å². The van der Waals surface area contributed by atoms with Gasteiger partial charge in [-0.15, -0.1) is 0 Å². The minimum absolute atomic E-state index is 0.0387. The summed E-state index contributed by atoms with van der Waals surface area (Å²) in [6.45, 7) is 11.1. The van der Waals surface area contributed by atoms with Crippen LogP contribution in [0.1, 0.15) is 59.9 Å². The lowest BCUT2D eigenvalue weighted by atomic mass is 10.0. The van der Waals surface area contributed by atoms with E-state index in [1.807, 2.05) is 27.7 Å². The number of hydrogen-bond donors (Lipinski definition) is 4. The minimum atomic E-state index is -0.713. The zero-order valence-electron chi connectivity index (χ0n) is 20.9. The van der Waals surface area contributed by atoms with Crippen molar-refractivity contribution in [1.82, 2.24) is 16.1 Å². The Hall–Kier alpha value is -3.14. The predicted octanol–water partition coefficient (Wildman–Crippen LogP) is 2.88. The van der Waals surface area contributed by atoms with Crippen LogP contribution in [-0.2, 0) is 30.6 Å². The largest absolute Gasteiger partial charge is 0.443 e. The number of benzene rings is 1. The SMILES string of the molecule is CC(C)CCC(=O)NC(C(=O)NCC(=O)Nc1ccc(COC(=O)NOC(C)C)cc1)C(C)C. The molecule has 1 aromatic rings. The molecule has 0 bridgehead atoms. The third-order valence-electron chi connectivity index (χ3n) is 4.62. The second-order valence-electron chi connectivity index (χ2n) is 9.03. The molecule has 4 N–H and O–H groups in total. The fraction of sp³-hybridized carbons (Fsp3) is 0.583. The average Bonchev–Trinajstić information content (AvgIpc) is 2.77. The molecular formula is C24H38N4O6. The van der Waals surface area contributed by atoms with E-state index in [1.165, 1.54) is 0 Å². The number of nitrogens with one attached hydrogen (secondary N) is 4. The van der Waals surface area contributed by atoms with Gasteiger partial charge in [-0.25, -0.2) is 4.79 Å². The van der Waals surface area contributed by atoms with Crippen LogP contribution in [0.25, 0.3) is 0 Å². The Bertz CT molecular complexity index is 808. The van der Waals surface area contributed by atoms with Gasteiger partial charge in [0, 0.05) is 12.1 Å². The first-order chi connectivity index (χ1) is 16.0. The first-order valence-electron chi connectivity index (χ1n) is 11.5. The minimum Gasteiger partial charge on any atom is -0.443 e. The molecule has 1 unspecified atom stereocenters. The molecule has 10 nitrogen and oxygen atoms in total. The summed E-state index contributed by atoms with van der Waals surface area (Å²) < 4.78 is 5.02. The Kier molecular flexibility index (Phi) is 12.7. The number of rotatable bonds is 13. The molecule has 10 heteroatoms. The van der Waals surface area contributed by atoms with Crippen molar-refractivity contribution in [3.05, 3.63) is 29.8 Å². The summed E-state index contributed by atoms with van der Waals surface area (Å²) in [5.41, 5.74) is 3.42. The van der Waals surface area contributed by atoms with Gasteiger partial charge < -0.3 is 20.7 Å². The van der Waals surface area contributed by atoms with Crippen molar-refractivity contribution in [2.24, 2.45) is 11.8 Å². The van der Waals surface area contributed by atoms with Gasteiger partial charge in [0.25, 0.3) is 0 Å². The normalized spacial score (nSPS) is 11.8. The van der Waals surface area contributed by atoms with E-state index in [1.54, 1.807) is 38.1 Å². The van der Waals surface area contributed by atoms with Crippen molar-refractivity contribution >= 4 is 29.5 Å². The molecule has 0 radical (unpaired) electrons. The van der Waals surface area contributed by atoms with Crippen molar-refractivity contribution in [1.29, 1.82) is 0 Å². The number of anilines is 1. The van der Waals surface area contributed by atoms with Crippen LogP contribution in [-0.4, -0.2) is 42.5 Å². The van der Waals surface area contributed by atoms with Gasteiger partial charge in [-0.2, -0.15) is 5.48 Å². The van der Waals surface area contributed by atoms with Gasteiger partial charge in [-0.05, 0) is 49.8 Å². The van der Waals surface area contributed by atoms with E-state index in [-0.39, 0.29) is 31.1 Å². The van der Waals surface area contributed by atoms with Crippen molar-refractivity contribution in [2.75, 3.05) is 11.9 Å². The molecule has 0 heterocycles. The summed E-state index contributed by atoms with van der Waals surface area (Å²) in [7, 11) is 0. The van der Waals surface area contributed by atoms with Gasteiger partial charge >= 0.3 is 6.09 Å². The van der Waals surface area contributed by atoms with Crippen LogP contribution in [0.2, 0.25) is 0 Å². The summed E-state index contributed by atoms with van der Waals surface area (Å²) >= 11 is 0. The third kappa shape index (κ3) is 12.2. The van der Waals surface area contributed by atoms with Crippen LogP contribution in [0.3, 0.4) is 0 Å². The molecule has 0 aliphatic rings. The standard InChI is InChI=1S/C24H38N4O6/c1-15(2)7-12-20(29)27-22(16(3)4)23(31)25-13-21(30)26-19-10-8-18(9-11-19)14-33-24(32)28-34-17(5)6/h8-11,15-17,22H,7,12-14H2,1-6H3,(H,25,31)(H,26,30)(H,27,29)(H,28,32). The lowest BCUT2D eigenvalue weighted by Crippen LogP contribution is -2.51. The highest BCUT2D eigenvalue weighted by atomic mass is 16.7. The molecular weight excluding hydrogens is 440 g/mol. The Labute approximate surface area is 201 Å². The molecule has 34 heavy (non-hydrogen) atoms. The molecule has 0 spiro atoms. The Balaban J connectivity index is 2.46. The summed E-state index contributed by atoms with van der Waals surface area (Å²) in [6.07, 6.45) is 0.236. The fourth-order valence-corrected chi connectivity index (χ4v) is 2.71. The second kappa shape index (κ2) is 14.9. The summed E-state index contributed by atoms with van der Waals surface area (Å²) in [5, 5.41) is 8.01. The maximum Gasteiger partial charge on any atom is 0.431 e. The van der Waals surface area contributed by atoms with E-state index in [2.05, 4.69) is 21.4 Å². The number of hydroxylamine groups is 1. The van der Waals surface area contributed by atoms with Crippen molar-refractivity contribution in [3.8, 4) is 0 Å². The fourth-order valence-electron chi connectivity index (χ4n) is 2.71. The lowest BCUT2D eigenvalue weighted by molar-refractivity contribution is -0.130. The maximum absolute atomic E-state index is 12.5. The molecule has 190 valence electrons. The average molecular weight is 479 g/mol. The van der Waals surface area contributed by atoms with E-state index in [0.29, 0.717) is 18.0 Å². The molecule has 0 aromatic heterocycles. The lowest BCUT2D eigenvalue weighted by Gasteiger charge is -2.22. The molecule has 0 saturated heterocycles. The van der Waals surface area contributed by atoms with Gasteiger partial charge in [0.15, 0.2) is 0 Å². The second-order valence-corrected chi connectivity index (χ2v) is 9.03. The first-order valence-corrected chi connectivity index (χ1v) is 11.5. The molecule has 0 aliphatic heterocycles. The smallest absolute Gasteiger partial charge is 0.431 e. The van der Waals surface area contributed by atoms with Crippen molar-refractivity contribution < 1.29 is 28.8 Å². The van der Waals surface area contributed by atoms with Crippen molar-refractivity contribution in [2.45, 2.75) is 73.1 Å². The van der Waals surface area contributed by atoms with Crippen LogP contribution in [0.15, 0.2) is 24.3 Å². The molecule has 4 amide bonds.